The van der Waals surface area contributed by atoms with Crippen LogP contribution in [0.1, 0.15) is 31.0 Å². The Kier molecular flexibility index (Phi) is 5.70. The highest BCUT2D eigenvalue weighted by Crippen LogP contribution is 2.31. The van der Waals surface area contributed by atoms with Crippen LogP contribution in [0.2, 0.25) is 5.02 Å². The number of benzene rings is 2. The molecule has 1 atom stereocenters. The number of allylic oxidation sites excluding steroid dienone is 1. The molecule has 0 radical (unpaired) electrons. The van der Waals surface area contributed by atoms with Gasteiger partial charge in [0, 0.05) is 5.02 Å². The minimum absolute atomic E-state index is 0.197. The lowest BCUT2D eigenvalue weighted by Gasteiger charge is -2.24. The summed E-state index contributed by atoms with van der Waals surface area (Å²) in [6.45, 7) is 3.75. The van der Waals surface area contributed by atoms with Gasteiger partial charge in [0.25, 0.3) is 5.56 Å². The SMILES string of the molecule is CCOC(=O)C1=C(C)N=c2s/c(=C/c3ccccc3)c(=O)n2[C@H]1c1ccc(Cl)cc1. The summed E-state index contributed by atoms with van der Waals surface area (Å²) < 4.78 is 7.41. The molecule has 7 heteroatoms. The van der Waals surface area contributed by atoms with Crippen molar-refractivity contribution in [3.63, 3.8) is 0 Å². The van der Waals surface area contributed by atoms with Gasteiger partial charge in [-0.15, -0.1) is 0 Å². The topological polar surface area (TPSA) is 60.7 Å². The first-order valence-corrected chi connectivity index (χ1v) is 10.7. The third-order valence-electron chi connectivity index (χ3n) is 4.80. The smallest absolute Gasteiger partial charge is 0.338 e. The fourth-order valence-electron chi connectivity index (χ4n) is 3.45. The number of fused-ring (bicyclic) bond motifs is 1. The Morgan fingerprint density at radius 1 is 1.20 bits per heavy atom. The molecular formula is C23H19ClN2O3S. The van der Waals surface area contributed by atoms with Gasteiger partial charge in [-0.05, 0) is 43.2 Å². The van der Waals surface area contributed by atoms with E-state index >= 15 is 0 Å². The molecule has 30 heavy (non-hydrogen) atoms. The number of hydrogen-bond acceptors (Lipinski definition) is 5. The number of nitrogens with zero attached hydrogens (tertiary/aromatic N) is 2. The summed E-state index contributed by atoms with van der Waals surface area (Å²) in [5.41, 5.74) is 2.40. The van der Waals surface area contributed by atoms with Gasteiger partial charge in [-0.1, -0.05) is 65.4 Å². The minimum atomic E-state index is -0.629. The lowest BCUT2D eigenvalue weighted by atomic mass is 9.96. The normalized spacial score (nSPS) is 16.2. The highest BCUT2D eigenvalue weighted by Gasteiger charge is 2.33. The number of carbonyl (C=O) groups excluding carboxylic acids is 1. The Hall–Kier alpha value is -2.96. The van der Waals surface area contributed by atoms with Crippen LogP contribution in [0.4, 0.5) is 0 Å². The van der Waals surface area contributed by atoms with Gasteiger partial charge in [0.1, 0.15) is 0 Å². The van der Waals surface area contributed by atoms with Crippen LogP contribution in [0, 0.1) is 0 Å². The van der Waals surface area contributed by atoms with Crippen LogP contribution >= 0.6 is 22.9 Å². The van der Waals surface area contributed by atoms with Crippen LogP contribution in [0.3, 0.4) is 0 Å². The van der Waals surface area contributed by atoms with Gasteiger partial charge < -0.3 is 4.74 Å². The van der Waals surface area contributed by atoms with E-state index in [1.54, 1.807) is 30.5 Å². The molecular weight excluding hydrogens is 420 g/mol. The van der Waals surface area contributed by atoms with Crippen molar-refractivity contribution >= 4 is 35.0 Å². The molecule has 0 fully saturated rings. The predicted molar refractivity (Wildman–Crippen MR) is 118 cm³/mol. The van der Waals surface area contributed by atoms with Crippen molar-refractivity contribution in [2.24, 2.45) is 4.99 Å². The van der Waals surface area contributed by atoms with Gasteiger partial charge in [0.2, 0.25) is 0 Å². The summed E-state index contributed by atoms with van der Waals surface area (Å²) >= 11 is 7.37. The van der Waals surface area contributed by atoms with E-state index in [0.29, 0.717) is 25.6 Å². The maximum absolute atomic E-state index is 13.4. The molecule has 0 saturated carbocycles. The summed E-state index contributed by atoms with van der Waals surface area (Å²) in [4.78, 5) is 31.3. The highest BCUT2D eigenvalue weighted by molar-refractivity contribution is 7.07. The van der Waals surface area contributed by atoms with Gasteiger partial charge in [0.05, 0.1) is 28.5 Å². The second kappa shape index (κ2) is 8.42. The van der Waals surface area contributed by atoms with Crippen molar-refractivity contribution in [3.8, 4) is 0 Å². The molecule has 2 heterocycles. The van der Waals surface area contributed by atoms with E-state index in [9.17, 15) is 9.59 Å². The number of ether oxygens (including phenoxy) is 1. The van der Waals surface area contributed by atoms with Crippen molar-refractivity contribution in [1.29, 1.82) is 0 Å². The van der Waals surface area contributed by atoms with E-state index in [1.165, 1.54) is 11.3 Å². The lowest BCUT2D eigenvalue weighted by molar-refractivity contribution is -0.139. The predicted octanol–water partition coefficient (Wildman–Crippen LogP) is 3.45. The van der Waals surface area contributed by atoms with Gasteiger partial charge >= 0.3 is 5.97 Å². The summed E-state index contributed by atoms with van der Waals surface area (Å²) in [5, 5.41) is 0.577. The van der Waals surface area contributed by atoms with Crippen LogP contribution in [-0.4, -0.2) is 17.1 Å². The van der Waals surface area contributed by atoms with Crippen molar-refractivity contribution in [2.45, 2.75) is 19.9 Å². The number of hydrogen-bond donors (Lipinski definition) is 0. The van der Waals surface area contributed by atoms with E-state index in [1.807, 2.05) is 48.5 Å². The zero-order valence-electron chi connectivity index (χ0n) is 16.5. The number of rotatable bonds is 4. The summed E-state index contributed by atoms with van der Waals surface area (Å²) in [7, 11) is 0. The van der Waals surface area contributed by atoms with Crippen LogP contribution in [0.15, 0.2) is 75.7 Å². The average molecular weight is 439 g/mol. The van der Waals surface area contributed by atoms with Crippen molar-refractivity contribution < 1.29 is 9.53 Å². The first-order valence-electron chi connectivity index (χ1n) is 9.49. The van der Waals surface area contributed by atoms with Crippen molar-refractivity contribution in [1.82, 2.24) is 4.57 Å². The molecule has 4 rings (SSSR count). The highest BCUT2D eigenvalue weighted by atomic mass is 35.5. The zero-order valence-corrected chi connectivity index (χ0v) is 18.0. The molecule has 1 aliphatic heterocycles. The first-order chi connectivity index (χ1) is 14.5. The van der Waals surface area contributed by atoms with Crippen LogP contribution in [0.25, 0.3) is 6.08 Å². The molecule has 1 aromatic heterocycles. The number of aromatic nitrogens is 1. The minimum Gasteiger partial charge on any atom is -0.463 e. The van der Waals surface area contributed by atoms with E-state index in [4.69, 9.17) is 16.3 Å². The van der Waals surface area contributed by atoms with Gasteiger partial charge in [0.15, 0.2) is 4.80 Å². The monoisotopic (exact) mass is 438 g/mol. The third-order valence-corrected chi connectivity index (χ3v) is 6.04. The van der Waals surface area contributed by atoms with E-state index < -0.39 is 12.0 Å². The molecule has 1 aliphatic rings. The average Bonchev–Trinajstić information content (AvgIpc) is 3.03. The maximum atomic E-state index is 13.4. The molecule has 0 bridgehead atoms. The fourth-order valence-corrected chi connectivity index (χ4v) is 4.63. The van der Waals surface area contributed by atoms with Crippen LogP contribution in [-0.2, 0) is 9.53 Å². The van der Waals surface area contributed by atoms with Gasteiger partial charge in [-0.3, -0.25) is 9.36 Å². The Morgan fingerprint density at radius 3 is 2.57 bits per heavy atom. The lowest BCUT2D eigenvalue weighted by Crippen LogP contribution is -2.39. The number of carbonyl (C=O) groups is 1. The van der Waals surface area contributed by atoms with Gasteiger partial charge in [-0.2, -0.15) is 0 Å². The molecule has 0 aliphatic carbocycles. The third kappa shape index (κ3) is 3.76. The molecule has 0 saturated heterocycles. The van der Waals surface area contributed by atoms with Crippen molar-refractivity contribution in [3.05, 3.63) is 102 Å². The Labute approximate surface area is 182 Å². The van der Waals surface area contributed by atoms with E-state index in [-0.39, 0.29) is 12.2 Å². The van der Waals surface area contributed by atoms with E-state index in [0.717, 1.165) is 11.1 Å². The molecule has 0 unspecified atom stereocenters. The van der Waals surface area contributed by atoms with E-state index in [2.05, 4.69) is 4.99 Å². The van der Waals surface area contributed by atoms with Gasteiger partial charge in [-0.25, -0.2) is 9.79 Å². The summed E-state index contributed by atoms with van der Waals surface area (Å²) in [6.07, 6.45) is 1.84. The Morgan fingerprint density at radius 2 is 1.90 bits per heavy atom. The van der Waals surface area contributed by atoms with Crippen LogP contribution in [0.5, 0.6) is 0 Å². The second-order valence-corrected chi connectivity index (χ2v) is 8.21. The maximum Gasteiger partial charge on any atom is 0.338 e. The molecule has 0 amide bonds. The summed E-state index contributed by atoms with van der Waals surface area (Å²) in [5.74, 6) is -0.476. The molecule has 0 spiro atoms. The Balaban J connectivity index is 1.96. The molecule has 5 nitrogen and oxygen atoms in total. The molecule has 0 N–H and O–H groups in total. The Bertz CT molecular complexity index is 1310. The quantitative estimate of drug-likeness (QED) is 0.586. The molecule has 152 valence electrons. The zero-order chi connectivity index (χ0) is 21.3. The fraction of sp³-hybridized carbons (Fsp3) is 0.174. The number of halogens is 1. The number of thiazole rings is 1. The first kappa shape index (κ1) is 20.3. The standard InChI is InChI=1S/C23H19ClN2O3S/c1-3-29-22(28)19-14(2)25-23-26(20(19)16-9-11-17(24)12-10-16)21(27)18(30-23)13-15-7-5-4-6-8-15/h4-13,20H,3H2,1-2H3/b18-13+/t20-/m0/s1. The van der Waals surface area contributed by atoms with Crippen LogP contribution < -0.4 is 14.9 Å². The molecule has 3 aromatic rings. The summed E-state index contributed by atoms with van der Waals surface area (Å²) in [6, 6.07) is 16.1. The van der Waals surface area contributed by atoms with Crippen molar-refractivity contribution in [2.75, 3.05) is 6.61 Å². The second-order valence-electron chi connectivity index (χ2n) is 6.76. The largest absolute Gasteiger partial charge is 0.463 e. The number of esters is 1. The molecule has 2 aromatic carbocycles.